The molecule has 143 heavy (non-hydrogen) atoms. The molecule has 1 aliphatic rings. The van der Waals surface area contributed by atoms with Crippen molar-refractivity contribution in [3.63, 3.8) is 0 Å². The predicted molar refractivity (Wildman–Crippen MR) is 596 cm³/mol. The summed E-state index contributed by atoms with van der Waals surface area (Å²) in [5, 5.41) is 57.3. The Morgan fingerprint density at radius 3 is 1.12 bits per heavy atom. The van der Waals surface area contributed by atoms with Gasteiger partial charge in [0.25, 0.3) is 11.4 Å². The zero-order valence-corrected chi connectivity index (χ0v) is 84.6. The van der Waals surface area contributed by atoms with Gasteiger partial charge in [-0.2, -0.15) is 0 Å². The Kier molecular flexibility index (Phi) is 27.0. The van der Waals surface area contributed by atoms with Crippen LogP contribution in [0.5, 0.6) is 0 Å². The monoisotopic (exact) mass is 2200 g/mol. The van der Waals surface area contributed by atoms with Crippen LogP contribution in [-0.2, 0) is 9.31 Å². The third kappa shape index (κ3) is 19.1. The van der Waals surface area contributed by atoms with Gasteiger partial charge in [-0.25, -0.2) is 9.97 Å². The molecule has 0 amide bonds. The third-order valence-electron chi connectivity index (χ3n) is 25.5. The van der Waals surface area contributed by atoms with Crippen LogP contribution in [0.4, 0.5) is 17.1 Å². The molecule has 7 aromatic heterocycles. The molecule has 26 rings (SSSR count). The Bertz CT molecular complexity index is 9240. The lowest BCUT2D eigenvalue weighted by molar-refractivity contribution is -0.385. The average molecular weight is 2200 g/mol. The second-order valence-corrected chi connectivity index (χ2v) is 39.4. The molecule has 0 atom stereocenters. The summed E-state index contributed by atoms with van der Waals surface area (Å²) in [5.41, 5.74) is 25.6. The summed E-state index contributed by atoms with van der Waals surface area (Å²) in [6.45, 7) is 8.30. The Hall–Kier alpha value is -15.1. The number of nitrogens with two attached hydrogens (primary N) is 1. The molecular formula is C117H80B2Br5N5O14. The Morgan fingerprint density at radius 1 is 0.336 bits per heavy atom. The average Bonchev–Trinajstić information content (AvgIpc) is 1.07. The molecule has 8 heterocycles. The Labute approximate surface area is 859 Å². The van der Waals surface area contributed by atoms with E-state index in [1.807, 2.05) is 200 Å². The first kappa shape index (κ1) is 95.5. The summed E-state index contributed by atoms with van der Waals surface area (Å²) in [4.78, 5) is 41.1. The highest BCUT2D eigenvalue weighted by atomic mass is 79.9. The van der Waals surface area contributed by atoms with Crippen LogP contribution in [0.2, 0.25) is 0 Å². The second-order valence-electron chi connectivity index (χ2n) is 34.9. The number of nitrogens with zero attached hydrogens (tertiary/aromatic N) is 4. The maximum Gasteiger partial charge on any atom is 0.494 e. The summed E-state index contributed by atoms with van der Waals surface area (Å²) in [6, 6.07) is 124. The van der Waals surface area contributed by atoms with Crippen LogP contribution in [0.1, 0.15) is 38.1 Å². The number of anilines is 1. The summed E-state index contributed by atoms with van der Waals surface area (Å²) >= 11 is 16.5. The van der Waals surface area contributed by atoms with E-state index in [0.717, 1.165) is 213 Å². The van der Waals surface area contributed by atoms with Gasteiger partial charge in [-0.3, -0.25) is 25.0 Å². The van der Waals surface area contributed by atoms with Gasteiger partial charge in [-0.05, 0) is 146 Å². The minimum atomic E-state index is -1.51. The number of nitro benzene ring substituents is 2. The first-order valence-corrected chi connectivity index (χ1v) is 49.4. The van der Waals surface area contributed by atoms with Crippen molar-refractivity contribution < 1.29 is 56.1 Å². The number of furan rings is 5. The topological polar surface area (TPSA) is 280 Å². The van der Waals surface area contributed by atoms with E-state index in [2.05, 4.69) is 229 Å². The van der Waals surface area contributed by atoms with Crippen LogP contribution in [0.25, 0.3) is 198 Å². The number of carbonyl (C=O) groups excluding carboxylic acids is 1. The minimum absolute atomic E-state index is 0.0485. The molecule has 4 N–H and O–H groups in total. The first-order chi connectivity index (χ1) is 69.3. The number of aldehydes is 1. The van der Waals surface area contributed by atoms with Gasteiger partial charge in [0, 0.05) is 161 Å². The van der Waals surface area contributed by atoms with Gasteiger partial charge >= 0.3 is 14.2 Å². The normalized spacial score (nSPS) is 12.5. The minimum Gasteiger partial charge on any atom is -0.456 e. The molecule has 0 spiro atoms. The molecule has 0 radical (unpaired) electrons. The summed E-state index contributed by atoms with van der Waals surface area (Å²) in [7, 11) is -1.96. The number of aromatic nitrogens is 2. The number of carbonyl (C=O) groups is 1. The third-order valence-corrected chi connectivity index (χ3v) is 28.2. The zero-order valence-electron chi connectivity index (χ0n) is 76.7. The van der Waals surface area contributed by atoms with E-state index in [0.29, 0.717) is 35.6 Å². The van der Waals surface area contributed by atoms with Gasteiger partial charge in [0.2, 0.25) is 0 Å². The highest BCUT2D eigenvalue weighted by Crippen LogP contribution is 2.47. The predicted octanol–water partition coefficient (Wildman–Crippen LogP) is 32.4. The van der Waals surface area contributed by atoms with Crippen LogP contribution in [0.15, 0.2) is 427 Å². The number of hydrogen-bond donors (Lipinski definition) is 3. The lowest BCUT2D eigenvalue weighted by Crippen LogP contribution is -2.41. The van der Waals surface area contributed by atoms with Crippen LogP contribution < -0.4 is 16.7 Å². The van der Waals surface area contributed by atoms with Crippen molar-refractivity contribution >= 4 is 281 Å². The number of halogens is 5. The largest absolute Gasteiger partial charge is 0.494 e. The molecule has 26 heteroatoms. The van der Waals surface area contributed by atoms with E-state index >= 15 is 0 Å². The lowest BCUT2D eigenvalue weighted by atomic mass is 9.78. The number of pyridine rings is 2. The van der Waals surface area contributed by atoms with Crippen LogP contribution >= 0.6 is 79.6 Å². The van der Waals surface area contributed by atoms with E-state index in [1.54, 1.807) is 48.5 Å². The molecule has 0 bridgehead atoms. The fraction of sp³-hybridized carbons (Fsp3) is 0.0513. The van der Waals surface area contributed by atoms with E-state index in [9.17, 15) is 35.1 Å². The van der Waals surface area contributed by atoms with Crippen molar-refractivity contribution in [2.75, 3.05) is 5.73 Å². The van der Waals surface area contributed by atoms with Crippen molar-refractivity contribution in [2.45, 2.75) is 38.9 Å². The smallest absolute Gasteiger partial charge is 0.456 e. The standard InChI is InChI=1S/C31H26BNO3.C25H14BrNO.C18H10BrNO3.C18H12BrNO.C12H9BO3.C7H6O.C6H3Br2NO2/c1-30(2)31(3,4)36-32(35-30)20-14-15-23-25(18-20)33-28(19-10-6-5-7-11-19)24-17-16-22-21-12-8-9-13-26(21)34-29(22)27(23)24;26-16-10-11-19-21(14-16)27-24(15-6-2-1-3-7-15)20-13-12-18-17-8-4-5-9-22(17)28-25(18)23(19)20;19-11-8-9-12(16(10-11)20(21)22)14-5-3-6-15-13-4-1-2-7-17(13)23-18(14)15;19-11-8-9-12(16(20)10-11)14-5-3-6-15-13-4-1-2-7-17(13)21-18(14)15;14-13(15)10-6-3-5-9-8-4-1-2-7-11(8)16-12(9)10;8-6-7-4-2-1-3-5-7;7-4-1-2-5(8)6(3-4)9(10)11/h5-18H,1-4H3;1-14H;1-10H;1-10H,20H2;1-7,14-15H;1-6H;1-3H. The SMILES string of the molecule is Brc1ccc2c(c1)nc(-c1ccccc1)c1ccc3c4ccccc4oc3c12.CC1(C)OB(c2ccc3c(c2)nc(-c2ccccc2)c2ccc4c5ccccc5oc4c23)OC1(C)C.Nc1cc(Br)ccc1-c1cccc2c1oc1ccccc12.O=Cc1ccccc1.O=[N+]([O-])c1cc(Br)ccc1-c1cccc2c1oc1ccccc12.O=[N+]([O-])c1cc(Br)ccc1Br.OB(O)c1cccc2c1oc1ccccc12. The second kappa shape index (κ2) is 40.5. The summed E-state index contributed by atoms with van der Waals surface area (Å²) in [6.07, 6.45) is 0.833. The highest BCUT2D eigenvalue weighted by molar-refractivity contribution is 9.11. The first-order valence-electron chi connectivity index (χ1n) is 45.5. The summed E-state index contributed by atoms with van der Waals surface area (Å²) < 4.78 is 47.0. The molecular weight excluding hydrogens is 2120 g/mol. The van der Waals surface area contributed by atoms with Gasteiger partial charge in [0.15, 0.2) is 0 Å². The van der Waals surface area contributed by atoms with Crippen LogP contribution in [0.3, 0.4) is 0 Å². The van der Waals surface area contributed by atoms with Gasteiger partial charge in [-0.1, -0.05) is 337 Å². The van der Waals surface area contributed by atoms with Gasteiger partial charge in [0.05, 0.1) is 53.5 Å². The zero-order chi connectivity index (χ0) is 99.1. The molecule has 0 unspecified atom stereocenters. The van der Waals surface area contributed by atoms with Crippen molar-refractivity contribution in [1.29, 1.82) is 0 Å². The lowest BCUT2D eigenvalue weighted by Gasteiger charge is -2.32. The molecule has 1 saturated heterocycles. The molecule has 25 aromatic rings. The highest BCUT2D eigenvalue weighted by Gasteiger charge is 2.52. The number of rotatable bonds is 9. The maximum absolute atomic E-state index is 11.4. The molecule has 18 aromatic carbocycles. The molecule has 698 valence electrons. The van der Waals surface area contributed by atoms with Crippen molar-refractivity contribution in [3.05, 3.63) is 430 Å². The van der Waals surface area contributed by atoms with E-state index in [-0.39, 0.29) is 16.3 Å². The van der Waals surface area contributed by atoms with E-state index < -0.39 is 30.4 Å². The van der Waals surface area contributed by atoms with Crippen molar-refractivity contribution in [2.24, 2.45) is 0 Å². The number of fused-ring (bicyclic) bond motifs is 23. The van der Waals surface area contributed by atoms with Gasteiger partial charge in [0.1, 0.15) is 62.1 Å². The van der Waals surface area contributed by atoms with E-state index in [1.165, 1.54) is 12.1 Å². The van der Waals surface area contributed by atoms with Crippen molar-refractivity contribution in [1.82, 2.24) is 9.97 Å². The van der Waals surface area contributed by atoms with Gasteiger partial charge in [-0.15, -0.1) is 0 Å². The Balaban J connectivity index is 0.000000106. The Morgan fingerprint density at radius 2 is 0.678 bits per heavy atom. The number of nitro groups is 2. The molecule has 1 aliphatic heterocycles. The van der Waals surface area contributed by atoms with Gasteiger partial charge < -0.3 is 47.2 Å². The quantitative estimate of drug-likeness (QED) is 0.0302. The molecule has 19 nitrogen and oxygen atoms in total. The molecule has 0 aliphatic carbocycles. The summed E-state index contributed by atoms with van der Waals surface area (Å²) in [5.74, 6) is 0. The number of hydrogen-bond acceptors (Lipinski definition) is 17. The fourth-order valence-corrected chi connectivity index (χ4v) is 19.8. The maximum atomic E-state index is 11.4. The molecule has 0 saturated carbocycles. The van der Waals surface area contributed by atoms with Crippen LogP contribution in [-0.4, -0.2) is 61.6 Å². The van der Waals surface area contributed by atoms with Crippen LogP contribution in [0, 0.1) is 20.2 Å². The number of para-hydroxylation sites is 8. The molecule has 1 fully saturated rings. The number of benzene rings is 18. The van der Waals surface area contributed by atoms with Crippen molar-refractivity contribution in [3.8, 4) is 44.8 Å². The van der Waals surface area contributed by atoms with E-state index in [4.69, 9.17) is 47.1 Å². The fourth-order valence-electron chi connectivity index (χ4n) is 18.0. The number of nitrogen functional groups attached to an aromatic ring is 1.